The fourth-order valence-corrected chi connectivity index (χ4v) is 3.92. The van der Waals surface area contributed by atoms with Gasteiger partial charge >= 0.3 is 5.97 Å². The van der Waals surface area contributed by atoms with E-state index in [2.05, 4.69) is 18.2 Å². The molecular weight excluding hydrogens is 292 g/mol. The largest absolute Gasteiger partial charge is 0.478 e. The number of aromatic carboxylic acids is 1. The van der Waals surface area contributed by atoms with Crippen LogP contribution in [-0.2, 0) is 0 Å². The normalized spacial score (nSPS) is 11.1. The van der Waals surface area contributed by atoms with Crippen molar-refractivity contribution in [1.29, 1.82) is 0 Å². The zero-order valence-electron chi connectivity index (χ0n) is 11.6. The van der Waals surface area contributed by atoms with Gasteiger partial charge in [-0.3, -0.25) is 0 Å². The van der Waals surface area contributed by atoms with Gasteiger partial charge in [-0.2, -0.15) is 0 Å². The molecular formula is C19H12O2S. The van der Waals surface area contributed by atoms with E-state index in [4.69, 9.17) is 0 Å². The SMILES string of the molecule is O=C(O)c1ccc(-c2cc3ccccc3s2)c2ccccc12. The summed E-state index contributed by atoms with van der Waals surface area (Å²) in [6.07, 6.45) is 0. The summed E-state index contributed by atoms with van der Waals surface area (Å²) in [4.78, 5) is 12.6. The molecule has 0 saturated heterocycles. The minimum atomic E-state index is -0.890. The molecule has 0 amide bonds. The Balaban J connectivity index is 2.03. The second-order valence-corrected chi connectivity index (χ2v) is 6.24. The zero-order valence-corrected chi connectivity index (χ0v) is 12.4. The molecule has 3 aromatic carbocycles. The minimum absolute atomic E-state index is 0.348. The van der Waals surface area contributed by atoms with Crippen LogP contribution in [0.2, 0.25) is 0 Å². The highest BCUT2D eigenvalue weighted by atomic mass is 32.1. The first kappa shape index (κ1) is 13.0. The molecule has 4 aromatic rings. The van der Waals surface area contributed by atoms with Gasteiger partial charge in [-0.25, -0.2) is 4.79 Å². The number of rotatable bonds is 2. The molecule has 106 valence electrons. The van der Waals surface area contributed by atoms with Gasteiger partial charge in [-0.05, 0) is 39.9 Å². The van der Waals surface area contributed by atoms with Crippen LogP contribution in [0.4, 0.5) is 0 Å². The van der Waals surface area contributed by atoms with E-state index in [1.165, 1.54) is 10.1 Å². The van der Waals surface area contributed by atoms with Crippen LogP contribution in [0, 0.1) is 0 Å². The van der Waals surface area contributed by atoms with Crippen molar-refractivity contribution in [2.45, 2.75) is 0 Å². The standard InChI is InChI=1S/C19H12O2S/c20-19(21)16-10-9-15(13-6-2-3-7-14(13)16)18-11-12-5-1-4-8-17(12)22-18/h1-11H,(H,20,21). The zero-order chi connectivity index (χ0) is 15.1. The van der Waals surface area contributed by atoms with E-state index in [0.29, 0.717) is 5.56 Å². The summed E-state index contributed by atoms with van der Waals surface area (Å²) in [6.45, 7) is 0. The first-order valence-electron chi connectivity index (χ1n) is 6.98. The van der Waals surface area contributed by atoms with Crippen molar-refractivity contribution < 1.29 is 9.90 Å². The van der Waals surface area contributed by atoms with Crippen LogP contribution in [0.25, 0.3) is 31.3 Å². The first-order chi connectivity index (χ1) is 10.7. The van der Waals surface area contributed by atoms with Crippen LogP contribution in [0.3, 0.4) is 0 Å². The second kappa shape index (κ2) is 4.97. The second-order valence-electron chi connectivity index (χ2n) is 5.16. The maximum Gasteiger partial charge on any atom is 0.336 e. The Bertz CT molecular complexity index is 981. The van der Waals surface area contributed by atoms with Crippen molar-refractivity contribution in [2.75, 3.05) is 0 Å². The lowest BCUT2D eigenvalue weighted by Gasteiger charge is -2.07. The highest BCUT2D eigenvalue weighted by Gasteiger charge is 2.13. The Morgan fingerprint density at radius 1 is 0.864 bits per heavy atom. The predicted octanol–water partition coefficient (Wildman–Crippen LogP) is 5.42. The average Bonchev–Trinajstić information content (AvgIpc) is 2.97. The van der Waals surface area contributed by atoms with Crippen LogP contribution >= 0.6 is 11.3 Å². The summed E-state index contributed by atoms with van der Waals surface area (Å²) >= 11 is 1.73. The molecule has 1 N–H and O–H groups in total. The van der Waals surface area contributed by atoms with Crippen molar-refractivity contribution >= 4 is 38.2 Å². The van der Waals surface area contributed by atoms with Gasteiger partial charge in [0.1, 0.15) is 0 Å². The molecule has 0 saturated carbocycles. The summed E-state index contributed by atoms with van der Waals surface area (Å²) in [6, 6.07) is 21.7. The van der Waals surface area contributed by atoms with Crippen molar-refractivity contribution in [3.63, 3.8) is 0 Å². The van der Waals surface area contributed by atoms with Gasteiger partial charge in [0.25, 0.3) is 0 Å². The maximum absolute atomic E-state index is 11.4. The topological polar surface area (TPSA) is 37.3 Å². The fraction of sp³-hybridized carbons (Fsp3) is 0. The van der Waals surface area contributed by atoms with E-state index < -0.39 is 5.97 Å². The van der Waals surface area contributed by atoms with E-state index in [1.54, 1.807) is 17.4 Å². The molecule has 0 fully saturated rings. The Hall–Kier alpha value is -2.65. The Morgan fingerprint density at radius 2 is 1.59 bits per heavy atom. The molecule has 0 unspecified atom stereocenters. The summed E-state index contributed by atoms with van der Waals surface area (Å²) < 4.78 is 1.24. The average molecular weight is 304 g/mol. The van der Waals surface area contributed by atoms with E-state index in [9.17, 15) is 9.90 Å². The molecule has 0 radical (unpaired) electrons. The van der Waals surface area contributed by atoms with Gasteiger partial charge in [0.15, 0.2) is 0 Å². The lowest BCUT2D eigenvalue weighted by molar-refractivity contribution is 0.0699. The molecule has 0 aliphatic carbocycles. The Labute approximate surface area is 131 Å². The van der Waals surface area contributed by atoms with Crippen molar-refractivity contribution in [1.82, 2.24) is 0 Å². The third-order valence-corrected chi connectivity index (χ3v) is 4.99. The smallest absolute Gasteiger partial charge is 0.336 e. The molecule has 0 spiro atoms. The first-order valence-corrected chi connectivity index (χ1v) is 7.80. The van der Waals surface area contributed by atoms with Crippen LogP contribution in [0.5, 0.6) is 0 Å². The molecule has 1 heterocycles. The fourth-order valence-electron chi connectivity index (χ4n) is 2.82. The van der Waals surface area contributed by atoms with Gasteiger partial charge in [-0.15, -0.1) is 11.3 Å². The van der Waals surface area contributed by atoms with Crippen molar-refractivity contribution in [2.24, 2.45) is 0 Å². The molecule has 0 atom stereocenters. The van der Waals surface area contributed by atoms with Crippen molar-refractivity contribution in [3.8, 4) is 10.4 Å². The number of carboxylic acid groups (broad SMARTS) is 1. The Morgan fingerprint density at radius 3 is 2.36 bits per heavy atom. The summed E-state index contributed by atoms with van der Waals surface area (Å²) in [5.74, 6) is -0.890. The molecule has 2 nitrogen and oxygen atoms in total. The van der Waals surface area contributed by atoms with Crippen LogP contribution in [0.1, 0.15) is 10.4 Å². The van der Waals surface area contributed by atoms with E-state index >= 15 is 0 Å². The number of thiophene rings is 1. The van der Waals surface area contributed by atoms with Crippen molar-refractivity contribution in [3.05, 3.63) is 72.3 Å². The third-order valence-electron chi connectivity index (χ3n) is 3.85. The number of hydrogen-bond donors (Lipinski definition) is 1. The van der Waals surface area contributed by atoms with Crippen LogP contribution in [0.15, 0.2) is 66.7 Å². The number of carboxylic acids is 1. The molecule has 4 rings (SSSR count). The number of benzene rings is 3. The monoisotopic (exact) mass is 304 g/mol. The lowest BCUT2D eigenvalue weighted by Crippen LogP contribution is -1.97. The molecule has 0 aliphatic rings. The summed E-state index contributed by atoms with van der Waals surface area (Å²) in [5, 5.41) is 12.3. The summed E-state index contributed by atoms with van der Waals surface area (Å²) in [5.41, 5.74) is 1.43. The van der Waals surface area contributed by atoms with E-state index in [1.807, 2.05) is 42.5 Å². The highest BCUT2D eigenvalue weighted by Crippen LogP contribution is 2.37. The third kappa shape index (κ3) is 1.98. The number of carbonyl (C=O) groups is 1. The van der Waals surface area contributed by atoms with Gasteiger partial charge in [0, 0.05) is 9.58 Å². The highest BCUT2D eigenvalue weighted by molar-refractivity contribution is 7.22. The molecule has 22 heavy (non-hydrogen) atoms. The quantitative estimate of drug-likeness (QED) is 0.537. The maximum atomic E-state index is 11.4. The molecule has 1 aromatic heterocycles. The van der Waals surface area contributed by atoms with E-state index in [-0.39, 0.29) is 0 Å². The van der Waals surface area contributed by atoms with Crippen LogP contribution in [-0.4, -0.2) is 11.1 Å². The Kier molecular flexibility index (Phi) is 2.94. The molecule has 0 bridgehead atoms. The van der Waals surface area contributed by atoms with E-state index in [0.717, 1.165) is 21.2 Å². The molecule has 3 heteroatoms. The lowest BCUT2D eigenvalue weighted by atomic mass is 9.98. The van der Waals surface area contributed by atoms with Gasteiger partial charge in [-0.1, -0.05) is 48.5 Å². The summed E-state index contributed by atoms with van der Waals surface area (Å²) in [7, 11) is 0. The predicted molar refractivity (Wildman–Crippen MR) is 91.7 cm³/mol. The van der Waals surface area contributed by atoms with Gasteiger partial charge in [0.05, 0.1) is 5.56 Å². The molecule has 0 aliphatic heterocycles. The van der Waals surface area contributed by atoms with Gasteiger partial charge < -0.3 is 5.11 Å². The van der Waals surface area contributed by atoms with Crippen LogP contribution < -0.4 is 0 Å². The minimum Gasteiger partial charge on any atom is -0.478 e. The number of fused-ring (bicyclic) bond motifs is 2. The van der Waals surface area contributed by atoms with Gasteiger partial charge in [0.2, 0.25) is 0 Å². The number of hydrogen-bond acceptors (Lipinski definition) is 2.